The molecule has 3 aromatic carbocycles. The fraction of sp³-hybridized carbons (Fsp3) is 0.136. The van der Waals surface area contributed by atoms with Crippen LogP contribution in [-0.4, -0.2) is 27.7 Å². The summed E-state index contributed by atoms with van der Waals surface area (Å²) in [5.74, 6) is -3.34. The van der Waals surface area contributed by atoms with Crippen LogP contribution in [0, 0.1) is 0 Å². The smallest absolute Gasteiger partial charge is 0.372 e. The van der Waals surface area contributed by atoms with E-state index in [9.17, 15) is 14.4 Å². The number of benzene rings is 3. The van der Waals surface area contributed by atoms with E-state index in [1.807, 2.05) is 42.5 Å². The van der Waals surface area contributed by atoms with Gasteiger partial charge in [-0.1, -0.05) is 65.7 Å². The molecule has 148 valence electrons. The van der Waals surface area contributed by atoms with Crippen LogP contribution < -0.4 is 0 Å². The van der Waals surface area contributed by atoms with E-state index in [0.717, 1.165) is 21.9 Å². The predicted octanol–water partition coefficient (Wildman–Crippen LogP) is 4.72. The van der Waals surface area contributed by atoms with Crippen LogP contribution in [0.5, 0.6) is 0 Å². The van der Waals surface area contributed by atoms with E-state index in [1.54, 1.807) is 18.2 Å². The molecule has 0 bridgehead atoms. The first kappa shape index (κ1) is 20.8. The van der Waals surface area contributed by atoms with Crippen molar-refractivity contribution < 1.29 is 19.5 Å². The Morgan fingerprint density at radius 2 is 1.41 bits per heavy atom. The highest BCUT2D eigenvalue weighted by atomic mass is 35.5. The molecule has 1 N–H and O–H groups in total. The number of carbonyl (C=O) groups is 3. The molecule has 0 aromatic heterocycles. The van der Waals surface area contributed by atoms with Crippen molar-refractivity contribution in [2.24, 2.45) is 0 Å². The lowest BCUT2D eigenvalue weighted by atomic mass is 10.1. The highest BCUT2D eigenvalue weighted by Gasteiger charge is 2.22. The third kappa shape index (κ3) is 5.34. The molecule has 0 fully saturated rings. The van der Waals surface area contributed by atoms with Gasteiger partial charge < -0.3 is 10.0 Å². The van der Waals surface area contributed by atoms with Crippen LogP contribution in [0.1, 0.15) is 17.5 Å². The predicted molar refractivity (Wildman–Crippen MR) is 112 cm³/mol. The molecule has 29 heavy (non-hydrogen) atoms. The van der Waals surface area contributed by atoms with Crippen LogP contribution in [-0.2, 0) is 27.5 Å². The molecule has 0 aliphatic rings. The van der Waals surface area contributed by atoms with Crippen molar-refractivity contribution in [2.75, 3.05) is 0 Å². The van der Waals surface area contributed by atoms with Crippen molar-refractivity contribution in [3.05, 3.63) is 81.8 Å². The minimum Gasteiger partial charge on any atom is -0.475 e. The van der Waals surface area contributed by atoms with Gasteiger partial charge in [0.15, 0.2) is 0 Å². The van der Waals surface area contributed by atoms with E-state index in [2.05, 4.69) is 0 Å². The zero-order valence-corrected chi connectivity index (χ0v) is 16.8. The molecule has 0 radical (unpaired) electrons. The number of halogens is 2. The average molecular weight is 430 g/mol. The molecule has 0 spiro atoms. The van der Waals surface area contributed by atoms with Gasteiger partial charge in [0.05, 0.1) is 16.5 Å². The lowest BCUT2D eigenvalue weighted by Gasteiger charge is -2.23. The first-order chi connectivity index (χ1) is 13.8. The van der Waals surface area contributed by atoms with Crippen molar-refractivity contribution >= 4 is 51.6 Å². The van der Waals surface area contributed by atoms with Gasteiger partial charge in [-0.2, -0.15) is 0 Å². The maximum atomic E-state index is 12.7. The molecule has 0 saturated heterocycles. The van der Waals surface area contributed by atoms with E-state index < -0.39 is 24.1 Å². The zero-order valence-electron chi connectivity index (χ0n) is 15.3. The average Bonchev–Trinajstić information content (AvgIpc) is 2.70. The molecule has 5 nitrogen and oxygen atoms in total. The van der Waals surface area contributed by atoms with E-state index in [-0.39, 0.29) is 13.1 Å². The Bertz CT molecular complexity index is 1100. The number of aliphatic carboxylic acids is 1. The van der Waals surface area contributed by atoms with Gasteiger partial charge in [0.2, 0.25) is 11.7 Å². The van der Waals surface area contributed by atoms with Crippen LogP contribution >= 0.6 is 23.2 Å². The van der Waals surface area contributed by atoms with E-state index in [4.69, 9.17) is 28.3 Å². The SMILES string of the molecule is O=C(O)C(=O)CC(=O)N(Cc1ccc(Cl)c(Cl)c1)Cc1ccc2ccccc2c1. The summed E-state index contributed by atoms with van der Waals surface area (Å²) in [6, 6.07) is 18.6. The first-order valence-corrected chi connectivity index (χ1v) is 9.54. The van der Waals surface area contributed by atoms with E-state index >= 15 is 0 Å². The Balaban J connectivity index is 1.87. The molecule has 0 saturated carbocycles. The summed E-state index contributed by atoms with van der Waals surface area (Å²) >= 11 is 12.0. The highest BCUT2D eigenvalue weighted by Crippen LogP contribution is 2.24. The van der Waals surface area contributed by atoms with Gasteiger partial charge in [0, 0.05) is 13.1 Å². The van der Waals surface area contributed by atoms with Crippen molar-refractivity contribution in [1.82, 2.24) is 4.90 Å². The lowest BCUT2D eigenvalue weighted by Crippen LogP contribution is -2.33. The van der Waals surface area contributed by atoms with Gasteiger partial charge in [-0.25, -0.2) is 4.79 Å². The second kappa shape index (κ2) is 9.07. The fourth-order valence-corrected chi connectivity index (χ4v) is 3.29. The van der Waals surface area contributed by atoms with Crippen LogP contribution in [0.15, 0.2) is 60.7 Å². The molecule has 0 aliphatic heterocycles. The molecular formula is C22H17Cl2NO4. The number of nitrogens with zero attached hydrogens (tertiary/aromatic N) is 1. The molecule has 0 atom stereocenters. The Labute approximate surface area is 177 Å². The second-order valence-corrected chi connectivity index (χ2v) is 7.40. The monoisotopic (exact) mass is 429 g/mol. The normalized spacial score (nSPS) is 10.7. The van der Waals surface area contributed by atoms with Gasteiger partial charge >= 0.3 is 5.97 Å². The number of amides is 1. The van der Waals surface area contributed by atoms with Gasteiger partial charge in [-0.05, 0) is 40.1 Å². The summed E-state index contributed by atoms with van der Waals surface area (Å²) in [5, 5.41) is 11.7. The number of hydrogen-bond donors (Lipinski definition) is 1. The molecule has 3 rings (SSSR count). The van der Waals surface area contributed by atoms with Crippen molar-refractivity contribution in [3.8, 4) is 0 Å². The Hall–Kier alpha value is -2.89. The molecule has 0 heterocycles. The van der Waals surface area contributed by atoms with Crippen molar-refractivity contribution in [2.45, 2.75) is 19.5 Å². The van der Waals surface area contributed by atoms with Gasteiger partial charge in [-0.15, -0.1) is 0 Å². The molecular weight excluding hydrogens is 413 g/mol. The summed E-state index contributed by atoms with van der Waals surface area (Å²) in [6.45, 7) is 0.381. The third-order valence-corrected chi connectivity index (χ3v) is 5.19. The van der Waals surface area contributed by atoms with Crippen LogP contribution in [0.25, 0.3) is 10.8 Å². The molecule has 1 amide bonds. The van der Waals surface area contributed by atoms with Crippen molar-refractivity contribution in [1.29, 1.82) is 0 Å². The number of carboxylic acid groups (broad SMARTS) is 1. The van der Waals surface area contributed by atoms with Crippen LogP contribution in [0.4, 0.5) is 0 Å². The van der Waals surface area contributed by atoms with Gasteiger partial charge in [0.1, 0.15) is 0 Å². The summed E-state index contributed by atoms with van der Waals surface area (Å²) < 4.78 is 0. The number of Topliss-reactive ketones (excluding diaryl/α,β-unsaturated/α-hetero) is 1. The van der Waals surface area contributed by atoms with E-state index in [1.165, 1.54) is 4.90 Å². The maximum absolute atomic E-state index is 12.7. The maximum Gasteiger partial charge on any atom is 0.372 e. The quantitative estimate of drug-likeness (QED) is 0.435. The Morgan fingerprint density at radius 3 is 2.07 bits per heavy atom. The Kier molecular flexibility index (Phi) is 6.52. The zero-order chi connectivity index (χ0) is 21.0. The molecule has 0 unspecified atom stereocenters. The molecule has 0 aliphatic carbocycles. The fourth-order valence-electron chi connectivity index (χ4n) is 2.97. The summed E-state index contributed by atoms with van der Waals surface area (Å²) in [4.78, 5) is 36.5. The number of fused-ring (bicyclic) bond motifs is 1. The largest absolute Gasteiger partial charge is 0.475 e. The Morgan fingerprint density at radius 1 is 0.793 bits per heavy atom. The second-order valence-electron chi connectivity index (χ2n) is 6.58. The summed E-state index contributed by atoms with van der Waals surface area (Å²) in [7, 11) is 0. The summed E-state index contributed by atoms with van der Waals surface area (Å²) in [5.41, 5.74) is 1.58. The van der Waals surface area contributed by atoms with Crippen LogP contribution in [0.2, 0.25) is 10.0 Å². The minimum absolute atomic E-state index is 0.162. The third-order valence-electron chi connectivity index (χ3n) is 4.45. The summed E-state index contributed by atoms with van der Waals surface area (Å²) in [6.07, 6.45) is -0.704. The number of rotatable bonds is 7. The molecule has 7 heteroatoms. The number of carbonyl (C=O) groups excluding carboxylic acids is 2. The minimum atomic E-state index is -1.63. The van der Waals surface area contributed by atoms with Crippen LogP contribution in [0.3, 0.4) is 0 Å². The van der Waals surface area contributed by atoms with Gasteiger partial charge in [-0.3, -0.25) is 9.59 Å². The molecule has 3 aromatic rings. The number of hydrogen-bond acceptors (Lipinski definition) is 3. The van der Waals surface area contributed by atoms with Gasteiger partial charge in [0.25, 0.3) is 0 Å². The number of ketones is 1. The van der Waals surface area contributed by atoms with Crippen molar-refractivity contribution in [3.63, 3.8) is 0 Å². The lowest BCUT2D eigenvalue weighted by molar-refractivity contribution is -0.151. The standard InChI is InChI=1S/C22H17Cl2NO4/c23-18-8-6-15(10-19(18)24)13-25(21(27)11-20(26)22(28)29)12-14-5-7-16-3-1-2-4-17(16)9-14/h1-10H,11-13H2,(H,28,29). The first-order valence-electron chi connectivity index (χ1n) is 8.79. The van der Waals surface area contributed by atoms with E-state index in [0.29, 0.717) is 10.0 Å². The number of carboxylic acids is 1. The highest BCUT2D eigenvalue weighted by molar-refractivity contribution is 6.42. The topological polar surface area (TPSA) is 74.7 Å².